The van der Waals surface area contributed by atoms with E-state index in [1.807, 2.05) is 24.3 Å². The van der Waals surface area contributed by atoms with E-state index in [1.165, 1.54) is 12.1 Å². The Labute approximate surface area is 158 Å². The first kappa shape index (κ1) is 16.9. The molecule has 1 aliphatic rings. The van der Waals surface area contributed by atoms with Crippen LogP contribution in [0.3, 0.4) is 0 Å². The van der Waals surface area contributed by atoms with Gasteiger partial charge < -0.3 is 10.6 Å². The molecule has 1 aliphatic carbocycles. The second-order valence-corrected chi connectivity index (χ2v) is 7.09. The average Bonchev–Trinajstić information content (AvgIpc) is 3.02. The lowest BCUT2D eigenvalue weighted by atomic mass is 9.88. The van der Waals surface area contributed by atoms with Crippen LogP contribution in [0.4, 0.5) is 30.5 Å². The molecular weight excluding hydrogens is 367 g/mol. The minimum atomic E-state index is -2.58. The van der Waals surface area contributed by atoms with E-state index in [4.69, 9.17) is 0 Å². The van der Waals surface area contributed by atoms with Crippen LogP contribution in [0.1, 0.15) is 12.8 Å². The second kappa shape index (κ2) is 6.12. The Bertz CT molecular complexity index is 1180. The molecule has 28 heavy (non-hydrogen) atoms. The van der Waals surface area contributed by atoms with E-state index in [1.54, 1.807) is 12.3 Å². The SMILES string of the molecule is Fc1ccc2[nH]nc(Nc3ccc4c(NC5CC(F)(F)C5)nccc4c3)c2c1. The highest BCUT2D eigenvalue weighted by molar-refractivity contribution is 5.96. The number of anilines is 3. The first-order valence-corrected chi connectivity index (χ1v) is 8.91. The van der Waals surface area contributed by atoms with Crippen LogP contribution in [-0.2, 0) is 0 Å². The van der Waals surface area contributed by atoms with Crippen LogP contribution in [0.5, 0.6) is 0 Å². The van der Waals surface area contributed by atoms with Crippen LogP contribution in [0, 0.1) is 5.82 Å². The molecule has 1 saturated carbocycles. The van der Waals surface area contributed by atoms with Gasteiger partial charge in [-0.3, -0.25) is 5.10 Å². The standard InChI is InChI=1S/C20H16F3N5/c21-12-1-4-17-16(8-12)19(28-27-17)25-13-2-3-15-11(7-13)5-6-24-18(15)26-14-9-20(22,23)10-14/h1-8,14H,9-10H2,(H,24,26)(H2,25,27,28). The molecule has 2 aromatic heterocycles. The molecule has 0 radical (unpaired) electrons. The van der Waals surface area contributed by atoms with Gasteiger partial charge in [0.1, 0.15) is 11.6 Å². The number of halogens is 3. The number of H-pyrrole nitrogens is 1. The number of hydrogen-bond acceptors (Lipinski definition) is 4. The summed E-state index contributed by atoms with van der Waals surface area (Å²) in [5, 5.41) is 15.8. The minimum absolute atomic E-state index is 0.173. The van der Waals surface area contributed by atoms with Crippen molar-refractivity contribution >= 4 is 39.0 Å². The summed E-state index contributed by atoms with van der Waals surface area (Å²) in [6, 6.07) is 11.7. The fourth-order valence-corrected chi connectivity index (χ4v) is 3.55. The normalized spacial score (nSPS) is 16.2. The predicted octanol–water partition coefficient (Wildman–Crippen LogP) is 5.20. The number of fused-ring (bicyclic) bond motifs is 2. The van der Waals surface area contributed by atoms with Crippen LogP contribution >= 0.6 is 0 Å². The number of pyridine rings is 1. The molecule has 1 fully saturated rings. The topological polar surface area (TPSA) is 65.6 Å². The molecule has 142 valence electrons. The summed E-state index contributed by atoms with van der Waals surface area (Å²) in [6.07, 6.45) is 1.30. The van der Waals surface area contributed by atoms with Crippen molar-refractivity contribution in [3.63, 3.8) is 0 Å². The molecule has 2 aromatic carbocycles. The maximum atomic E-state index is 13.5. The lowest BCUT2D eigenvalue weighted by Gasteiger charge is -2.35. The Balaban J connectivity index is 1.43. The number of aromatic amines is 1. The molecule has 5 rings (SSSR count). The largest absolute Gasteiger partial charge is 0.366 e. The monoisotopic (exact) mass is 383 g/mol. The van der Waals surface area contributed by atoms with Gasteiger partial charge in [0.05, 0.1) is 5.52 Å². The lowest BCUT2D eigenvalue weighted by Crippen LogP contribution is -2.44. The lowest BCUT2D eigenvalue weighted by molar-refractivity contribution is -0.0793. The van der Waals surface area contributed by atoms with Crippen molar-refractivity contribution in [3.05, 3.63) is 54.5 Å². The summed E-state index contributed by atoms with van der Waals surface area (Å²) < 4.78 is 39.7. The Morgan fingerprint density at radius 1 is 1.00 bits per heavy atom. The Hall–Kier alpha value is -3.29. The third-order valence-corrected chi connectivity index (χ3v) is 4.98. The summed E-state index contributed by atoms with van der Waals surface area (Å²) >= 11 is 0. The van der Waals surface area contributed by atoms with E-state index < -0.39 is 5.92 Å². The highest BCUT2D eigenvalue weighted by atomic mass is 19.3. The molecule has 0 spiro atoms. The van der Waals surface area contributed by atoms with Gasteiger partial charge in [0.2, 0.25) is 0 Å². The van der Waals surface area contributed by atoms with Crippen LogP contribution in [-0.4, -0.2) is 27.1 Å². The van der Waals surface area contributed by atoms with Crippen molar-refractivity contribution in [3.8, 4) is 0 Å². The first-order valence-electron chi connectivity index (χ1n) is 8.91. The zero-order valence-electron chi connectivity index (χ0n) is 14.6. The van der Waals surface area contributed by atoms with E-state index in [-0.39, 0.29) is 24.7 Å². The summed E-state index contributed by atoms with van der Waals surface area (Å²) in [4.78, 5) is 4.30. The number of aromatic nitrogens is 3. The summed E-state index contributed by atoms with van der Waals surface area (Å²) in [5.41, 5.74) is 1.51. The fourth-order valence-electron chi connectivity index (χ4n) is 3.55. The molecule has 4 aromatic rings. The van der Waals surface area contributed by atoms with Gasteiger partial charge in [0, 0.05) is 41.5 Å². The van der Waals surface area contributed by atoms with Crippen molar-refractivity contribution in [1.82, 2.24) is 15.2 Å². The van der Waals surface area contributed by atoms with E-state index >= 15 is 0 Å². The molecule has 0 amide bonds. The van der Waals surface area contributed by atoms with Crippen molar-refractivity contribution in [2.75, 3.05) is 10.6 Å². The highest BCUT2D eigenvalue weighted by Gasteiger charge is 2.45. The van der Waals surface area contributed by atoms with Crippen LogP contribution in [0.25, 0.3) is 21.7 Å². The zero-order chi connectivity index (χ0) is 19.3. The molecule has 0 bridgehead atoms. The van der Waals surface area contributed by atoms with Crippen molar-refractivity contribution in [2.45, 2.75) is 24.8 Å². The molecular formula is C20H16F3N5. The number of rotatable bonds is 4. The highest BCUT2D eigenvalue weighted by Crippen LogP contribution is 2.39. The predicted molar refractivity (Wildman–Crippen MR) is 103 cm³/mol. The Morgan fingerprint density at radius 3 is 2.68 bits per heavy atom. The van der Waals surface area contributed by atoms with Crippen molar-refractivity contribution in [2.24, 2.45) is 0 Å². The minimum Gasteiger partial charge on any atom is -0.366 e. The van der Waals surface area contributed by atoms with Gasteiger partial charge in [-0.1, -0.05) is 0 Å². The Kier molecular flexibility index (Phi) is 3.68. The van der Waals surface area contributed by atoms with Gasteiger partial charge in [0.15, 0.2) is 5.82 Å². The second-order valence-electron chi connectivity index (χ2n) is 7.09. The summed E-state index contributed by atoms with van der Waals surface area (Å²) in [7, 11) is 0. The molecule has 2 heterocycles. The van der Waals surface area contributed by atoms with Gasteiger partial charge in [-0.25, -0.2) is 18.2 Å². The zero-order valence-corrected chi connectivity index (χ0v) is 14.6. The molecule has 0 atom stereocenters. The average molecular weight is 383 g/mol. The van der Waals surface area contributed by atoms with Gasteiger partial charge in [-0.2, -0.15) is 5.10 Å². The summed E-state index contributed by atoms with van der Waals surface area (Å²) in [6.45, 7) is 0. The van der Waals surface area contributed by atoms with E-state index in [0.29, 0.717) is 17.0 Å². The number of nitrogens with zero attached hydrogens (tertiary/aromatic N) is 2. The van der Waals surface area contributed by atoms with Gasteiger partial charge >= 0.3 is 0 Å². The number of alkyl halides is 2. The molecule has 0 unspecified atom stereocenters. The van der Waals surface area contributed by atoms with E-state index in [0.717, 1.165) is 22.0 Å². The molecule has 0 aliphatic heterocycles. The third-order valence-electron chi connectivity index (χ3n) is 4.98. The number of nitrogens with one attached hydrogen (secondary N) is 3. The quantitative estimate of drug-likeness (QED) is 0.453. The van der Waals surface area contributed by atoms with Crippen LogP contribution in [0.2, 0.25) is 0 Å². The molecule has 0 saturated heterocycles. The number of benzene rings is 2. The smallest absolute Gasteiger partial charge is 0.252 e. The van der Waals surface area contributed by atoms with Gasteiger partial charge in [-0.15, -0.1) is 0 Å². The van der Waals surface area contributed by atoms with Crippen molar-refractivity contribution in [1.29, 1.82) is 0 Å². The maximum absolute atomic E-state index is 13.5. The van der Waals surface area contributed by atoms with E-state index in [9.17, 15) is 13.2 Å². The Morgan fingerprint density at radius 2 is 1.86 bits per heavy atom. The van der Waals surface area contributed by atoms with Gasteiger partial charge in [0.25, 0.3) is 5.92 Å². The maximum Gasteiger partial charge on any atom is 0.252 e. The molecule has 8 heteroatoms. The third kappa shape index (κ3) is 3.00. The van der Waals surface area contributed by atoms with Crippen molar-refractivity contribution < 1.29 is 13.2 Å². The van der Waals surface area contributed by atoms with E-state index in [2.05, 4.69) is 25.8 Å². The van der Waals surface area contributed by atoms with Crippen LogP contribution in [0.15, 0.2) is 48.7 Å². The summed E-state index contributed by atoms with van der Waals surface area (Å²) in [5.74, 6) is -1.79. The van der Waals surface area contributed by atoms with Crippen LogP contribution < -0.4 is 10.6 Å². The fraction of sp³-hybridized carbons (Fsp3) is 0.200. The van der Waals surface area contributed by atoms with Gasteiger partial charge in [-0.05, 0) is 47.9 Å². The molecule has 5 nitrogen and oxygen atoms in total. The first-order chi connectivity index (χ1) is 13.5. The number of hydrogen-bond donors (Lipinski definition) is 3. The molecule has 3 N–H and O–H groups in total.